The van der Waals surface area contributed by atoms with E-state index < -0.39 is 0 Å². The van der Waals surface area contributed by atoms with E-state index in [9.17, 15) is 4.79 Å². The predicted octanol–water partition coefficient (Wildman–Crippen LogP) is 0.773. The van der Waals surface area contributed by atoms with Crippen LogP contribution in [0.3, 0.4) is 0 Å². The molecule has 0 spiro atoms. The number of amides is 1. The average molecular weight is 216 g/mol. The van der Waals surface area contributed by atoms with Gasteiger partial charge in [0.25, 0.3) is 0 Å². The van der Waals surface area contributed by atoms with E-state index in [1.54, 1.807) is 0 Å². The fourth-order valence-electron chi connectivity index (χ4n) is 0.962. The van der Waals surface area contributed by atoms with Crippen molar-refractivity contribution in [2.75, 3.05) is 26.3 Å². The lowest BCUT2D eigenvalue weighted by atomic mass is 10.1. The van der Waals surface area contributed by atoms with E-state index in [2.05, 4.69) is 24.5 Å². The monoisotopic (exact) mass is 216 g/mol. The first-order chi connectivity index (χ1) is 7.07. The molecule has 0 rings (SSSR count). The fourth-order valence-corrected chi connectivity index (χ4v) is 0.962. The number of rotatable bonds is 8. The lowest BCUT2D eigenvalue weighted by Crippen LogP contribution is -2.41. The normalized spacial score (nSPS) is 12.9. The van der Waals surface area contributed by atoms with E-state index in [1.165, 1.54) is 0 Å². The minimum absolute atomic E-state index is 0.0488. The van der Waals surface area contributed by atoms with Crippen molar-refractivity contribution in [2.24, 2.45) is 5.92 Å². The molecule has 0 saturated carbocycles. The molecule has 15 heavy (non-hydrogen) atoms. The molecular weight excluding hydrogens is 192 g/mol. The van der Waals surface area contributed by atoms with Crippen molar-refractivity contribution >= 4 is 5.91 Å². The Hall–Kier alpha value is -0.610. The summed E-state index contributed by atoms with van der Waals surface area (Å²) in [6.45, 7) is 10.6. The Morgan fingerprint density at radius 1 is 1.33 bits per heavy atom. The van der Waals surface area contributed by atoms with Gasteiger partial charge >= 0.3 is 0 Å². The van der Waals surface area contributed by atoms with Gasteiger partial charge in [-0.05, 0) is 19.8 Å². The van der Waals surface area contributed by atoms with Crippen molar-refractivity contribution in [3.8, 4) is 0 Å². The highest BCUT2D eigenvalue weighted by atomic mass is 16.5. The zero-order valence-corrected chi connectivity index (χ0v) is 10.3. The van der Waals surface area contributed by atoms with Crippen LogP contribution >= 0.6 is 0 Å². The summed E-state index contributed by atoms with van der Waals surface area (Å²) in [4.78, 5) is 11.4. The quantitative estimate of drug-likeness (QED) is 0.589. The van der Waals surface area contributed by atoms with E-state index in [1.807, 2.05) is 13.8 Å². The summed E-state index contributed by atoms with van der Waals surface area (Å²) in [6.07, 6.45) is 0. The molecule has 1 unspecified atom stereocenters. The van der Waals surface area contributed by atoms with Gasteiger partial charge in [0.15, 0.2) is 0 Å². The average Bonchev–Trinajstić information content (AvgIpc) is 2.17. The number of nitrogens with one attached hydrogen (secondary N) is 2. The third-order valence-corrected chi connectivity index (χ3v) is 2.30. The van der Waals surface area contributed by atoms with Gasteiger partial charge < -0.3 is 15.4 Å². The van der Waals surface area contributed by atoms with Crippen LogP contribution in [0.2, 0.25) is 0 Å². The summed E-state index contributed by atoms with van der Waals surface area (Å²) in [7, 11) is 0. The van der Waals surface area contributed by atoms with Crippen LogP contribution < -0.4 is 10.6 Å². The lowest BCUT2D eigenvalue weighted by molar-refractivity contribution is -0.121. The number of carbonyl (C=O) groups is 1. The van der Waals surface area contributed by atoms with E-state index >= 15 is 0 Å². The first kappa shape index (κ1) is 14.4. The molecule has 0 aliphatic rings. The second kappa shape index (κ2) is 8.68. The molecule has 0 radical (unpaired) electrons. The molecule has 0 aromatic heterocycles. The summed E-state index contributed by atoms with van der Waals surface area (Å²) >= 11 is 0. The molecule has 0 saturated heterocycles. The topological polar surface area (TPSA) is 50.4 Å². The van der Waals surface area contributed by atoms with E-state index in [-0.39, 0.29) is 11.9 Å². The molecule has 0 aliphatic heterocycles. The third kappa shape index (κ3) is 8.39. The molecule has 0 aliphatic carbocycles. The molecule has 0 fully saturated rings. The van der Waals surface area contributed by atoms with Gasteiger partial charge in [-0.1, -0.05) is 13.8 Å². The third-order valence-electron chi connectivity index (χ3n) is 2.30. The van der Waals surface area contributed by atoms with E-state index in [4.69, 9.17) is 4.74 Å². The number of hydrogen-bond acceptors (Lipinski definition) is 3. The van der Waals surface area contributed by atoms with Crippen LogP contribution in [-0.2, 0) is 9.53 Å². The largest absolute Gasteiger partial charge is 0.380 e. The van der Waals surface area contributed by atoms with Crippen LogP contribution in [0.5, 0.6) is 0 Å². The van der Waals surface area contributed by atoms with E-state index in [0.29, 0.717) is 19.1 Å². The summed E-state index contributed by atoms with van der Waals surface area (Å²) in [5.74, 6) is 0.519. The zero-order valence-electron chi connectivity index (χ0n) is 10.3. The van der Waals surface area contributed by atoms with Crippen LogP contribution in [0, 0.1) is 5.92 Å². The zero-order chi connectivity index (χ0) is 11.7. The Labute approximate surface area is 92.8 Å². The number of hydrogen-bond donors (Lipinski definition) is 2. The predicted molar refractivity (Wildman–Crippen MR) is 61.8 cm³/mol. The minimum atomic E-state index is 0.0488. The minimum Gasteiger partial charge on any atom is -0.380 e. The summed E-state index contributed by atoms with van der Waals surface area (Å²) in [5.41, 5.74) is 0. The summed E-state index contributed by atoms with van der Waals surface area (Å²) in [5, 5.41) is 5.96. The first-order valence-corrected chi connectivity index (χ1v) is 5.65. The molecule has 2 N–H and O–H groups in total. The maximum atomic E-state index is 11.4. The van der Waals surface area contributed by atoms with Gasteiger partial charge in [-0.3, -0.25) is 4.79 Å². The van der Waals surface area contributed by atoms with Crippen molar-refractivity contribution in [2.45, 2.75) is 33.7 Å². The Kier molecular flexibility index (Phi) is 8.33. The fraction of sp³-hybridized carbons (Fsp3) is 0.909. The number of carbonyl (C=O) groups excluding carboxylic acids is 1. The molecule has 4 nitrogen and oxygen atoms in total. The van der Waals surface area contributed by atoms with Gasteiger partial charge in [0.1, 0.15) is 0 Å². The van der Waals surface area contributed by atoms with Gasteiger partial charge in [-0.25, -0.2) is 0 Å². The smallest absolute Gasteiger partial charge is 0.234 e. The van der Waals surface area contributed by atoms with Gasteiger partial charge in [0, 0.05) is 19.2 Å². The van der Waals surface area contributed by atoms with Gasteiger partial charge in [-0.15, -0.1) is 0 Å². The highest BCUT2D eigenvalue weighted by Gasteiger charge is 2.09. The van der Waals surface area contributed by atoms with E-state index in [0.717, 1.165) is 13.2 Å². The molecule has 4 heteroatoms. The molecule has 0 bridgehead atoms. The van der Waals surface area contributed by atoms with Crippen LogP contribution in [0.1, 0.15) is 27.7 Å². The van der Waals surface area contributed by atoms with Crippen molar-refractivity contribution < 1.29 is 9.53 Å². The molecule has 0 aromatic rings. The van der Waals surface area contributed by atoms with Crippen molar-refractivity contribution in [1.82, 2.24) is 10.6 Å². The van der Waals surface area contributed by atoms with Crippen LogP contribution in [0.25, 0.3) is 0 Å². The molecule has 0 aromatic carbocycles. The Bertz CT molecular complexity index is 172. The highest BCUT2D eigenvalue weighted by molar-refractivity contribution is 5.78. The number of ether oxygens (including phenoxy) is 1. The molecule has 1 amide bonds. The van der Waals surface area contributed by atoms with Crippen molar-refractivity contribution in [3.05, 3.63) is 0 Å². The van der Waals surface area contributed by atoms with Gasteiger partial charge in [-0.2, -0.15) is 0 Å². The van der Waals surface area contributed by atoms with Crippen molar-refractivity contribution in [3.63, 3.8) is 0 Å². The van der Waals surface area contributed by atoms with Gasteiger partial charge in [0.2, 0.25) is 5.91 Å². The maximum Gasteiger partial charge on any atom is 0.234 e. The molecule has 1 atom stereocenters. The summed E-state index contributed by atoms with van der Waals surface area (Å²) < 4.78 is 5.14. The maximum absolute atomic E-state index is 11.4. The Morgan fingerprint density at radius 3 is 2.53 bits per heavy atom. The second-order valence-electron chi connectivity index (χ2n) is 3.97. The Morgan fingerprint density at radius 2 is 2.00 bits per heavy atom. The van der Waals surface area contributed by atoms with Crippen molar-refractivity contribution in [1.29, 1.82) is 0 Å². The molecular formula is C11H24N2O2. The standard InChI is InChI=1S/C11H24N2O2/c1-5-15-7-6-12-8-11(14)13-10(4)9(2)3/h9-10,12H,5-8H2,1-4H3,(H,13,14). The lowest BCUT2D eigenvalue weighted by Gasteiger charge is -2.17. The second-order valence-corrected chi connectivity index (χ2v) is 3.97. The highest BCUT2D eigenvalue weighted by Crippen LogP contribution is 1.98. The van der Waals surface area contributed by atoms with Gasteiger partial charge in [0.05, 0.1) is 13.2 Å². The first-order valence-electron chi connectivity index (χ1n) is 5.65. The summed E-state index contributed by atoms with van der Waals surface area (Å²) in [6, 6.07) is 0.228. The SMILES string of the molecule is CCOCCNCC(=O)NC(C)C(C)C. The van der Waals surface area contributed by atoms with Crippen LogP contribution in [0.15, 0.2) is 0 Å². The van der Waals surface area contributed by atoms with Crippen LogP contribution in [-0.4, -0.2) is 38.3 Å². The molecule has 90 valence electrons. The Balaban J connectivity index is 3.41. The molecule has 0 heterocycles. The van der Waals surface area contributed by atoms with Crippen LogP contribution in [0.4, 0.5) is 0 Å².